The lowest BCUT2D eigenvalue weighted by Crippen LogP contribution is -2.53. The zero-order valence-corrected chi connectivity index (χ0v) is 19.0. The number of fused-ring (bicyclic) bond motifs is 1. The van der Waals surface area contributed by atoms with Crippen LogP contribution in [-0.2, 0) is 14.3 Å². The number of benzene rings is 1. The molecule has 170 valence electrons. The Morgan fingerprint density at radius 3 is 2.45 bits per heavy atom. The number of likely N-dealkylation sites (tertiary alicyclic amines) is 1. The summed E-state index contributed by atoms with van der Waals surface area (Å²) in [6.45, 7) is 8.40. The Bertz CT molecular complexity index is 777. The van der Waals surface area contributed by atoms with Crippen LogP contribution in [0.3, 0.4) is 0 Å². The third-order valence-corrected chi connectivity index (χ3v) is 7.40. The van der Waals surface area contributed by atoms with Crippen molar-refractivity contribution in [3.63, 3.8) is 0 Å². The fraction of sp³-hybridized carbons (Fsp3) is 0.680. The van der Waals surface area contributed by atoms with Gasteiger partial charge >= 0.3 is 0 Å². The molecule has 0 radical (unpaired) electrons. The average Bonchev–Trinajstić information content (AvgIpc) is 2.80. The Balaban J connectivity index is 1.46. The number of rotatable bonds is 5. The van der Waals surface area contributed by atoms with E-state index in [1.165, 1.54) is 0 Å². The van der Waals surface area contributed by atoms with E-state index in [4.69, 9.17) is 9.47 Å². The summed E-state index contributed by atoms with van der Waals surface area (Å²) in [6, 6.07) is 8.17. The van der Waals surface area contributed by atoms with Crippen LogP contribution in [0.15, 0.2) is 24.3 Å². The molecule has 2 saturated heterocycles. The van der Waals surface area contributed by atoms with Crippen molar-refractivity contribution >= 4 is 11.8 Å². The monoisotopic (exact) mass is 428 g/mol. The van der Waals surface area contributed by atoms with E-state index in [9.17, 15) is 9.59 Å². The van der Waals surface area contributed by atoms with Crippen molar-refractivity contribution in [1.29, 1.82) is 0 Å². The van der Waals surface area contributed by atoms with Gasteiger partial charge in [0.15, 0.2) is 0 Å². The lowest BCUT2D eigenvalue weighted by Gasteiger charge is -2.47. The maximum atomic E-state index is 13.0. The van der Waals surface area contributed by atoms with Crippen molar-refractivity contribution in [3.8, 4) is 5.75 Å². The molecule has 1 spiro atoms. The van der Waals surface area contributed by atoms with E-state index in [1.54, 1.807) is 0 Å². The molecule has 0 unspecified atom stereocenters. The van der Waals surface area contributed by atoms with Gasteiger partial charge in [-0.3, -0.25) is 9.59 Å². The van der Waals surface area contributed by atoms with Crippen molar-refractivity contribution in [2.24, 2.45) is 5.92 Å². The van der Waals surface area contributed by atoms with Gasteiger partial charge in [0.25, 0.3) is 0 Å². The number of hydrogen-bond donors (Lipinski definition) is 0. The maximum absolute atomic E-state index is 13.0. The first kappa shape index (κ1) is 22.1. The van der Waals surface area contributed by atoms with Gasteiger partial charge < -0.3 is 19.3 Å². The molecule has 3 heterocycles. The van der Waals surface area contributed by atoms with Crippen molar-refractivity contribution < 1.29 is 19.1 Å². The fourth-order valence-corrected chi connectivity index (χ4v) is 5.49. The van der Waals surface area contributed by atoms with Crippen molar-refractivity contribution in [3.05, 3.63) is 29.8 Å². The number of ether oxygens (including phenoxy) is 2. The standard InChI is InChI=1S/C25H36N2O4/c1-3-26(4-2)23(28)17-20-18-25(31-22-8-6-5-7-21(20)22)11-13-27(14-12-25)24(29)19-9-15-30-16-10-19/h5-8,19-20H,3-4,9-18H2,1-2H3/t20-/m0/s1. The number of carbonyl (C=O) groups excluding carboxylic acids is 2. The zero-order chi connectivity index (χ0) is 21.8. The van der Waals surface area contributed by atoms with Gasteiger partial charge in [-0.2, -0.15) is 0 Å². The summed E-state index contributed by atoms with van der Waals surface area (Å²) in [5.41, 5.74) is 0.865. The molecule has 6 heteroatoms. The minimum atomic E-state index is -0.283. The molecule has 0 saturated carbocycles. The van der Waals surface area contributed by atoms with E-state index in [0.717, 1.165) is 69.6 Å². The van der Waals surface area contributed by atoms with Crippen molar-refractivity contribution in [2.75, 3.05) is 39.4 Å². The van der Waals surface area contributed by atoms with Crippen molar-refractivity contribution in [2.45, 2.75) is 63.9 Å². The molecule has 1 aromatic carbocycles. The summed E-state index contributed by atoms with van der Waals surface area (Å²) in [4.78, 5) is 29.8. The maximum Gasteiger partial charge on any atom is 0.225 e. The Kier molecular flexibility index (Phi) is 6.85. The smallest absolute Gasteiger partial charge is 0.225 e. The van der Waals surface area contributed by atoms with Crippen LogP contribution in [0, 0.1) is 5.92 Å². The first-order chi connectivity index (χ1) is 15.0. The van der Waals surface area contributed by atoms with E-state index >= 15 is 0 Å². The van der Waals surface area contributed by atoms with E-state index in [2.05, 4.69) is 6.07 Å². The lowest BCUT2D eigenvalue weighted by atomic mass is 9.76. The second-order valence-corrected chi connectivity index (χ2v) is 9.21. The van der Waals surface area contributed by atoms with E-state index < -0.39 is 0 Å². The molecule has 4 rings (SSSR count). The first-order valence-corrected chi connectivity index (χ1v) is 12.0. The normalized spacial score (nSPS) is 23.2. The molecular formula is C25H36N2O4. The van der Waals surface area contributed by atoms with Gasteiger partial charge in [-0.1, -0.05) is 18.2 Å². The summed E-state index contributed by atoms with van der Waals surface area (Å²) < 4.78 is 12.0. The SMILES string of the molecule is CCN(CC)C(=O)C[C@H]1CC2(CCN(C(=O)C3CCOCC3)CC2)Oc2ccccc21. The number of amides is 2. The quantitative estimate of drug-likeness (QED) is 0.719. The topological polar surface area (TPSA) is 59.1 Å². The molecule has 2 amide bonds. The number of hydrogen-bond acceptors (Lipinski definition) is 4. The van der Waals surface area contributed by atoms with Crippen LogP contribution in [0.1, 0.15) is 63.9 Å². The summed E-state index contributed by atoms with van der Waals surface area (Å²) in [6.07, 6.45) is 4.68. The number of para-hydroxylation sites is 1. The van der Waals surface area contributed by atoms with Gasteiger partial charge in [0.2, 0.25) is 11.8 Å². The highest BCUT2D eigenvalue weighted by Gasteiger charge is 2.45. The molecule has 0 aromatic heterocycles. The molecule has 2 fully saturated rings. The Labute approximate surface area is 185 Å². The van der Waals surface area contributed by atoms with Gasteiger partial charge in [0, 0.05) is 70.5 Å². The molecule has 6 nitrogen and oxygen atoms in total. The highest BCUT2D eigenvalue weighted by molar-refractivity contribution is 5.79. The molecular weight excluding hydrogens is 392 g/mol. The van der Waals surface area contributed by atoms with Gasteiger partial charge in [0.1, 0.15) is 11.4 Å². The molecule has 1 atom stereocenters. The lowest BCUT2D eigenvalue weighted by molar-refractivity contribution is -0.142. The number of carbonyl (C=O) groups is 2. The Hall–Kier alpha value is -2.08. The van der Waals surface area contributed by atoms with Crippen LogP contribution in [0.4, 0.5) is 0 Å². The third kappa shape index (κ3) is 4.74. The highest BCUT2D eigenvalue weighted by Crippen LogP contribution is 2.46. The molecule has 0 bridgehead atoms. The van der Waals surface area contributed by atoms with Gasteiger partial charge in [-0.05, 0) is 44.7 Å². The van der Waals surface area contributed by atoms with E-state index in [0.29, 0.717) is 19.6 Å². The second kappa shape index (κ2) is 9.60. The largest absolute Gasteiger partial charge is 0.487 e. The minimum Gasteiger partial charge on any atom is -0.487 e. The van der Waals surface area contributed by atoms with Crippen molar-refractivity contribution in [1.82, 2.24) is 9.80 Å². The fourth-order valence-electron chi connectivity index (χ4n) is 5.49. The van der Waals surface area contributed by atoms with Crippen LogP contribution in [0.2, 0.25) is 0 Å². The third-order valence-electron chi connectivity index (χ3n) is 7.40. The highest BCUT2D eigenvalue weighted by atomic mass is 16.5. The summed E-state index contributed by atoms with van der Waals surface area (Å²) in [5.74, 6) is 1.68. The van der Waals surface area contributed by atoms with Crippen LogP contribution in [0.25, 0.3) is 0 Å². The predicted octanol–water partition coefficient (Wildman–Crippen LogP) is 3.60. The zero-order valence-electron chi connectivity index (χ0n) is 19.0. The summed E-state index contributed by atoms with van der Waals surface area (Å²) in [7, 11) is 0. The predicted molar refractivity (Wildman–Crippen MR) is 119 cm³/mol. The van der Waals surface area contributed by atoms with Crippen LogP contribution in [-0.4, -0.2) is 66.6 Å². The second-order valence-electron chi connectivity index (χ2n) is 9.21. The van der Waals surface area contributed by atoms with Gasteiger partial charge in [0.05, 0.1) is 0 Å². The van der Waals surface area contributed by atoms with E-state index in [1.807, 2.05) is 41.8 Å². The molecule has 0 N–H and O–H groups in total. The Morgan fingerprint density at radius 2 is 1.77 bits per heavy atom. The van der Waals surface area contributed by atoms with Crippen LogP contribution in [0.5, 0.6) is 5.75 Å². The number of piperidine rings is 1. The molecule has 0 aliphatic carbocycles. The molecule has 31 heavy (non-hydrogen) atoms. The Morgan fingerprint density at radius 1 is 1.10 bits per heavy atom. The average molecular weight is 429 g/mol. The van der Waals surface area contributed by atoms with Crippen LogP contribution < -0.4 is 4.74 Å². The summed E-state index contributed by atoms with van der Waals surface area (Å²) >= 11 is 0. The van der Waals surface area contributed by atoms with Gasteiger partial charge in [-0.25, -0.2) is 0 Å². The summed E-state index contributed by atoms with van der Waals surface area (Å²) in [5, 5.41) is 0. The first-order valence-electron chi connectivity index (χ1n) is 12.0. The molecule has 3 aliphatic heterocycles. The minimum absolute atomic E-state index is 0.107. The molecule has 1 aromatic rings. The van der Waals surface area contributed by atoms with E-state index in [-0.39, 0.29) is 29.3 Å². The van der Waals surface area contributed by atoms with Crippen LogP contribution >= 0.6 is 0 Å². The van der Waals surface area contributed by atoms with Gasteiger partial charge in [-0.15, -0.1) is 0 Å². The number of nitrogens with zero attached hydrogens (tertiary/aromatic N) is 2. The molecule has 3 aliphatic rings.